The van der Waals surface area contributed by atoms with Crippen molar-refractivity contribution >= 4 is 5.91 Å². The van der Waals surface area contributed by atoms with Crippen molar-refractivity contribution in [3.8, 4) is 0 Å². The molecule has 19 heavy (non-hydrogen) atoms. The summed E-state index contributed by atoms with van der Waals surface area (Å²) in [4.78, 5) is 25.4. The molecule has 0 fully saturated rings. The monoisotopic (exact) mass is 259 g/mol. The van der Waals surface area contributed by atoms with Gasteiger partial charge in [-0.25, -0.2) is 9.97 Å². The molecule has 6 nitrogen and oxygen atoms in total. The molecule has 3 rings (SSSR count). The summed E-state index contributed by atoms with van der Waals surface area (Å²) in [6.07, 6.45) is 8.98. The van der Waals surface area contributed by atoms with E-state index < -0.39 is 0 Å². The molecule has 1 N–H and O–H groups in total. The van der Waals surface area contributed by atoms with Crippen LogP contribution in [0.5, 0.6) is 0 Å². The number of carbonyl (C=O) groups is 1. The van der Waals surface area contributed by atoms with Crippen LogP contribution >= 0.6 is 0 Å². The van der Waals surface area contributed by atoms with Crippen molar-refractivity contribution in [2.24, 2.45) is 5.92 Å². The van der Waals surface area contributed by atoms with E-state index in [-0.39, 0.29) is 11.8 Å². The first-order valence-electron chi connectivity index (χ1n) is 6.46. The molecule has 0 spiro atoms. The molecule has 1 aliphatic rings. The van der Waals surface area contributed by atoms with Crippen LogP contribution in [0.2, 0.25) is 0 Å². The van der Waals surface area contributed by atoms with Gasteiger partial charge in [-0.3, -0.25) is 4.79 Å². The lowest BCUT2D eigenvalue weighted by Gasteiger charge is -2.27. The minimum Gasteiger partial charge on any atom is -0.347 e. The minimum absolute atomic E-state index is 0.0432. The number of carbonyl (C=O) groups excluding carboxylic acids is 1. The third-order valence-corrected chi connectivity index (χ3v) is 3.63. The summed E-state index contributed by atoms with van der Waals surface area (Å²) < 4.78 is 2.08. The van der Waals surface area contributed by atoms with Crippen LogP contribution in [-0.2, 0) is 24.3 Å². The van der Waals surface area contributed by atoms with Crippen LogP contribution in [0, 0.1) is 5.92 Å². The van der Waals surface area contributed by atoms with E-state index in [9.17, 15) is 4.79 Å². The zero-order valence-electron chi connectivity index (χ0n) is 10.9. The Kier molecular flexibility index (Phi) is 3.06. The summed E-state index contributed by atoms with van der Waals surface area (Å²) >= 11 is 0. The normalized spacial score (nSPS) is 18.1. The molecule has 1 amide bonds. The van der Waals surface area contributed by atoms with Gasteiger partial charge in [-0.05, 0) is 12.8 Å². The van der Waals surface area contributed by atoms with E-state index >= 15 is 0 Å². The average Bonchev–Trinajstić information content (AvgIpc) is 3.07. The zero-order chi connectivity index (χ0) is 13.2. The van der Waals surface area contributed by atoms with Crippen molar-refractivity contribution < 1.29 is 4.79 Å². The Hall–Kier alpha value is -2.11. The highest BCUT2D eigenvalue weighted by atomic mass is 16.2. The zero-order valence-corrected chi connectivity index (χ0v) is 10.9. The van der Waals surface area contributed by atoms with Gasteiger partial charge in [-0.15, -0.1) is 0 Å². The number of H-pyrrole nitrogens is 1. The Labute approximate surface area is 111 Å². The predicted octanol–water partition coefficient (Wildman–Crippen LogP) is 0.827. The molecular weight excluding hydrogens is 242 g/mol. The summed E-state index contributed by atoms with van der Waals surface area (Å²) in [6.45, 7) is 1.26. The van der Waals surface area contributed by atoms with Gasteiger partial charge in [0.05, 0.1) is 18.8 Å². The first-order chi connectivity index (χ1) is 9.24. The van der Waals surface area contributed by atoms with Gasteiger partial charge < -0.3 is 14.5 Å². The van der Waals surface area contributed by atoms with Crippen molar-refractivity contribution in [2.45, 2.75) is 25.9 Å². The number of aryl methyl sites for hydroxylation is 1. The van der Waals surface area contributed by atoms with Gasteiger partial charge in [0.1, 0.15) is 5.82 Å². The first-order valence-corrected chi connectivity index (χ1v) is 6.46. The maximum absolute atomic E-state index is 12.4. The summed E-state index contributed by atoms with van der Waals surface area (Å²) in [5, 5.41) is 0. The number of hydrogen-bond donors (Lipinski definition) is 1. The molecule has 1 atom stereocenters. The van der Waals surface area contributed by atoms with E-state index in [2.05, 4.69) is 19.5 Å². The predicted molar refractivity (Wildman–Crippen MR) is 69.1 cm³/mol. The molecule has 0 saturated carbocycles. The topological polar surface area (TPSA) is 66.8 Å². The number of aromatic nitrogens is 4. The number of nitrogens with one attached hydrogen (secondary N) is 1. The fourth-order valence-corrected chi connectivity index (χ4v) is 2.57. The summed E-state index contributed by atoms with van der Waals surface area (Å²) in [5.74, 6) is 1.03. The van der Waals surface area contributed by atoms with Crippen molar-refractivity contribution in [2.75, 3.05) is 7.05 Å². The number of amides is 1. The molecular formula is C13H17N5O. The van der Waals surface area contributed by atoms with Gasteiger partial charge in [0.15, 0.2) is 0 Å². The average molecular weight is 259 g/mol. The van der Waals surface area contributed by atoms with Crippen molar-refractivity contribution in [1.29, 1.82) is 0 Å². The minimum atomic E-state index is 0.0432. The molecule has 2 aromatic rings. The molecule has 0 bridgehead atoms. The fraction of sp³-hybridized carbons (Fsp3) is 0.462. The first kappa shape index (κ1) is 12.0. The lowest BCUT2D eigenvalue weighted by Crippen LogP contribution is -2.37. The van der Waals surface area contributed by atoms with E-state index in [0.29, 0.717) is 6.54 Å². The standard InChI is InChI=1S/C13H17N5O/c1-17(8-12-15-4-5-16-12)13(19)10-2-3-11-6-14-9-18(11)7-10/h4-6,9-10H,2-3,7-8H2,1H3,(H,15,16). The Bertz CT molecular complexity index is 559. The van der Waals surface area contributed by atoms with E-state index in [1.54, 1.807) is 23.6 Å². The second-order valence-electron chi connectivity index (χ2n) is 5.00. The van der Waals surface area contributed by atoms with Gasteiger partial charge in [0.2, 0.25) is 5.91 Å². The second kappa shape index (κ2) is 4.87. The third kappa shape index (κ3) is 2.38. The van der Waals surface area contributed by atoms with Crippen LogP contribution in [0.15, 0.2) is 24.9 Å². The molecule has 2 aromatic heterocycles. The third-order valence-electron chi connectivity index (χ3n) is 3.63. The number of rotatable bonds is 3. The van der Waals surface area contributed by atoms with Gasteiger partial charge in [0.25, 0.3) is 0 Å². The highest BCUT2D eigenvalue weighted by Gasteiger charge is 2.27. The molecule has 3 heterocycles. The highest BCUT2D eigenvalue weighted by molar-refractivity contribution is 5.78. The number of fused-ring (bicyclic) bond motifs is 1. The number of imidazole rings is 2. The SMILES string of the molecule is CN(Cc1ncc[nH]1)C(=O)C1CCc2cncn2C1. The van der Waals surface area contributed by atoms with Crippen LogP contribution in [0.4, 0.5) is 0 Å². The van der Waals surface area contributed by atoms with Gasteiger partial charge in [-0.2, -0.15) is 0 Å². The van der Waals surface area contributed by atoms with E-state index in [4.69, 9.17) is 0 Å². The van der Waals surface area contributed by atoms with Gasteiger partial charge in [-0.1, -0.05) is 0 Å². The lowest BCUT2D eigenvalue weighted by molar-refractivity contribution is -0.135. The Morgan fingerprint density at radius 2 is 2.53 bits per heavy atom. The van der Waals surface area contributed by atoms with E-state index in [1.165, 1.54) is 5.69 Å². The van der Waals surface area contributed by atoms with Crippen LogP contribution in [0.25, 0.3) is 0 Å². The van der Waals surface area contributed by atoms with Crippen molar-refractivity contribution in [1.82, 2.24) is 24.4 Å². The summed E-state index contributed by atoms with van der Waals surface area (Å²) in [5.41, 5.74) is 1.22. The largest absolute Gasteiger partial charge is 0.347 e. The van der Waals surface area contributed by atoms with Crippen molar-refractivity contribution in [3.63, 3.8) is 0 Å². The summed E-state index contributed by atoms with van der Waals surface area (Å²) in [7, 11) is 1.83. The highest BCUT2D eigenvalue weighted by Crippen LogP contribution is 2.21. The Morgan fingerprint density at radius 3 is 3.32 bits per heavy atom. The molecule has 6 heteroatoms. The smallest absolute Gasteiger partial charge is 0.227 e. The van der Waals surface area contributed by atoms with Crippen LogP contribution in [-0.4, -0.2) is 37.4 Å². The Morgan fingerprint density at radius 1 is 1.63 bits per heavy atom. The number of nitrogens with zero attached hydrogens (tertiary/aromatic N) is 4. The maximum atomic E-state index is 12.4. The summed E-state index contributed by atoms with van der Waals surface area (Å²) in [6, 6.07) is 0. The Balaban J connectivity index is 1.65. The molecule has 0 aromatic carbocycles. The van der Waals surface area contributed by atoms with Crippen LogP contribution in [0.3, 0.4) is 0 Å². The second-order valence-corrected chi connectivity index (χ2v) is 5.00. The number of aromatic amines is 1. The van der Waals surface area contributed by atoms with E-state index in [0.717, 1.165) is 25.2 Å². The molecule has 0 radical (unpaired) electrons. The van der Waals surface area contributed by atoms with Gasteiger partial charge in [0, 0.05) is 37.9 Å². The molecule has 0 saturated heterocycles. The fourth-order valence-electron chi connectivity index (χ4n) is 2.57. The molecule has 1 aliphatic heterocycles. The number of hydrogen-bond acceptors (Lipinski definition) is 3. The van der Waals surface area contributed by atoms with Gasteiger partial charge >= 0.3 is 0 Å². The van der Waals surface area contributed by atoms with Crippen LogP contribution < -0.4 is 0 Å². The molecule has 100 valence electrons. The molecule has 0 aliphatic carbocycles. The molecule has 1 unspecified atom stereocenters. The maximum Gasteiger partial charge on any atom is 0.227 e. The van der Waals surface area contributed by atoms with Crippen molar-refractivity contribution in [3.05, 3.63) is 36.4 Å². The lowest BCUT2D eigenvalue weighted by atomic mass is 9.97. The van der Waals surface area contributed by atoms with E-state index in [1.807, 2.05) is 13.2 Å². The quantitative estimate of drug-likeness (QED) is 0.887. The van der Waals surface area contributed by atoms with Crippen LogP contribution in [0.1, 0.15) is 17.9 Å².